The lowest BCUT2D eigenvalue weighted by molar-refractivity contribution is -0.139. The predicted octanol–water partition coefficient (Wildman–Crippen LogP) is -0.0617. The first-order valence-corrected chi connectivity index (χ1v) is 6.64. The number of ether oxygens (including phenoxy) is 1. The number of carboxylic acid groups (broad SMARTS) is 2. The molecule has 4 N–H and O–H groups in total. The summed E-state index contributed by atoms with van der Waals surface area (Å²) in [6.45, 7) is 0.337. The summed E-state index contributed by atoms with van der Waals surface area (Å²) >= 11 is 0. The molecule has 1 aromatic carbocycles. The molecule has 1 aliphatic rings. The summed E-state index contributed by atoms with van der Waals surface area (Å²) in [5, 5.41) is 23.2. The number of rotatable bonds is 5. The van der Waals surface area contributed by atoms with E-state index in [1.54, 1.807) is 0 Å². The number of nitrogens with one attached hydrogen (secondary N) is 2. The molecule has 0 aliphatic carbocycles. The number of aliphatic carboxylic acids is 1. The summed E-state index contributed by atoms with van der Waals surface area (Å²) in [7, 11) is 1.44. The van der Waals surface area contributed by atoms with Crippen molar-refractivity contribution in [3.63, 3.8) is 0 Å². The zero-order valence-electron chi connectivity index (χ0n) is 11.8. The first kappa shape index (κ1) is 15.8. The van der Waals surface area contributed by atoms with Crippen LogP contribution in [0.5, 0.6) is 5.75 Å². The number of carbonyl (C=O) groups excluding carboxylic acids is 1. The maximum absolute atomic E-state index is 11.7. The largest absolute Gasteiger partial charge is 0.489 e. The van der Waals surface area contributed by atoms with Crippen molar-refractivity contribution in [3.8, 4) is 5.75 Å². The van der Waals surface area contributed by atoms with Gasteiger partial charge < -0.3 is 25.6 Å². The molecular formula is C14H16N2O6. The van der Waals surface area contributed by atoms with Crippen LogP contribution in [-0.2, 0) is 4.79 Å². The lowest BCUT2D eigenvalue weighted by atomic mass is 10.1. The van der Waals surface area contributed by atoms with Gasteiger partial charge in [-0.2, -0.15) is 0 Å². The Labute approximate surface area is 126 Å². The molecule has 1 fully saturated rings. The Morgan fingerprint density at radius 1 is 1.23 bits per heavy atom. The highest BCUT2D eigenvalue weighted by atomic mass is 16.5. The van der Waals surface area contributed by atoms with Gasteiger partial charge in [-0.15, -0.1) is 0 Å². The van der Waals surface area contributed by atoms with Crippen LogP contribution in [0.25, 0.3) is 0 Å². The Kier molecular flexibility index (Phi) is 4.62. The van der Waals surface area contributed by atoms with E-state index in [9.17, 15) is 14.4 Å². The molecule has 1 saturated heterocycles. The quantitative estimate of drug-likeness (QED) is 0.600. The van der Waals surface area contributed by atoms with Crippen molar-refractivity contribution in [2.24, 2.45) is 0 Å². The van der Waals surface area contributed by atoms with Gasteiger partial charge in [-0.05, 0) is 18.2 Å². The van der Waals surface area contributed by atoms with Gasteiger partial charge in [0.25, 0.3) is 5.91 Å². The monoisotopic (exact) mass is 308 g/mol. The van der Waals surface area contributed by atoms with Crippen LogP contribution >= 0.6 is 0 Å². The average Bonchev–Trinajstić information content (AvgIpc) is 2.94. The number of hydrogen-bond acceptors (Lipinski definition) is 5. The molecule has 8 heteroatoms. The average molecular weight is 308 g/mol. The van der Waals surface area contributed by atoms with E-state index < -0.39 is 30.0 Å². The van der Waals surface area contributed by atoms with Crippen molar-refractivity contribution in [1.82, 2.24) is 10.6 Å². The lowest BCUT2D eigenvalue weighted by Gasteiger charge is -2.14. The van der Waals surface area contributed by atoms with Crippen molar-refractivity contribution in [1.29, 1.82) is 0 Å². The van der Waals surface area contributed by atoms with E-state index >= 15 is 0 Å². The van der Waals surface area contributed by atoms with Gasteiger partial charge in [0.2, 0.25) is 0 Å². The van der Waals surface area contributed by atoms with Gasteiger partial charge in [-0.3, -0.25) is 9.59 Å². The van der Waals surface area contributed by atoms with Crippen LogP contribution in [0.3, 0.4) is 0 Å². The second-order valence-corrected chi connectivity index (χ2v) is 4.90. The second-order valence-electron chi connectivity index (χ2n) is 4.90. The fourth-order valence-corrected chi connectivity index (χ4v) is 2.24. The maximum atomic E-state index is 11.7. The minimum atomic E-state index is -1.18. The van der Waals surface area contributed by atoms with Crippen LogP contribution in [-0.4, -0.2) is 53.8 Å². The van der Waals surface area contributed by atoms with Gasteiger partial charge in [0.15, 0.2) is 0 Å². The van der Waals surface area contributed by atoms with Crippen molar-refractivity contribution in [3.05, 3.63) is 29.3 Å². The van der Waals surface area contributed by atoms with E-state index in [4.69, 9.17) is 14.9 Å². The molecule has 1 amide bonds. The van der Waals surface area contributed by atoms with Gasteiger partial charge in [-0.1, -0.05) is 0 Å². The molecule has 118 valence electrons. The van der Waals surface area contributed by atoms with Crippen LogP contribution < -0.4 is 15.4 Å². The molecule has 1 heterocycles. The summed E-state index contributed by atoms with van der Waals surface area (Å²) in [4.78, 5) is 33.7. The Morgan fingerprint density at radius 2 is 1.91 bits per heavy atom. The molecule has 0 aromatic heterocycles. The summed E-state index contributed by atoms with van der Waals surface area (Å²) < 4.78 is 5.61. The molecule has 0 bridgehead atoms. The fraction of sp³-hybridized carbons (Fsp3) is 0.357. The predicted molar refractivity (Wildman–Crippen MR) is 75.3 cm³/mol. The van der Waals surface area contributed by atoms with Gasteiger partial charge >= 0.3 is 11.9 Å². The summed E-state index contributed by atoms with van der Waals surface area (Å²) in [5.41, 5.74) is 0.0926. The highest BCUT2D eigenvalue weighted by molar-refractivity contribution is 5.98. The highest BCUT2D eigenvalue weighted by Gasteiger charge is 2.30. The van der Waals surface area contributed by atoms with Gasteiger partial charge in [-0.25, -0.2) is 4.79 Å². The topological polar surface area (TPSA) is 125 Å². The molecule has 2 atom stereocenters. The van der Waals surface area contributed by atoms with Crippen LogP contribution in [0.1, 0.15) is 27.1 Å². The van der Waals surface area contributed by atoms with Crippen molar-refractivity contribution in [2.75, 3.05) is 13.6 Å². The molecule has 1 aromatic rings. The van der Waals surface area contributed by atoms with Gasteiger partial charge in [0.1, 0.15) is 17.9 Å². The Hall–Kier alpha value is -2.61. The summed E-state index contributed by atoms with van der Waals surface area (Å²) in [5.74, 6) is -2.35. The van der Waals surface area contributed by atoms with Crippen LogP contribution in [0.15, 0.2) is 18.2 Å². The molecule has 0 radical (unpaired) electrons. The number of hydrogen-bond donors (Lipinski definition) is 4. The smallest absolute Gasteiger partial charge is 0.335 e. The molecule has 0 spiro atoms. The maximum Gasteiger partial charge on any atom is 0.335 e. The van der Waals surface area contributed by atoms with Crippen molar-refractivity contribution in [2.45, 2.75) is 18.6 Å². The molecular weight excluding hydrogens is 292 g/mol. The van der Waals surface area contributed by atoms with Crippen LogP contribution in [0.2, 0.25) is 0 Å². The first-order chi connectivity index (χ1) is 10.4. The highest BCUT2D eigenvalue weighted by Crippen LogP contribution is 2.21. The zero-order valence-corrected chi connectivity index (χ0v) is 11.8. The minimum absolute atomic E-state index is 0.0724. The Bertz CT molecular complexity index is 615. The van der Waals surface area contributed by atoms with Gasteiger partial charge in [0.05, 0.1) is 5.56 Å². The van der Waals surface area contributed by atoms with Crippen LogP contribution in [0, 0.1) is 0 Å². The Balaban J connectivity index is 2.20. The van der Waals surface area contributed by atoms with E-state index in [1.807, 2.05) is 0 Å². The van der Waals surface area contributed by atoms with Crippen LogP contribution in [0.4, 0.5) is 0 Å². The second kappa shape index (κ2) is 6.44. The SMILES string of the molecule is CNC(=O)c1cc(O[C@@H]2CN[C@H](C(=O)O)C2)cc(C(=O)O)c1. The third kappa shape index (κ3) is 3.53. The molecule has 2 rings (SSSR count). The van der Waals surface area contributed by atoms with E-state index in [2.05, 4.69) is 10.6 Å². The van der Waals surface area contributed by atoms with E-state index in [0.29, 0.717) is 6.54 Å². The summed E-state index contributed by atoms with van der Waals surface area (Å²) in [6.07, 6.45) is -0.134. The third-order valence-corrected chi connectivity index (χ3v) is 3.33. The fourth-order valence-electron chi connectivity index (χ4n) is 2.24. The Morgan fingerprint density at radius 3 is 2.45 bits per heavy atom. The molecule has 1 aliphatic heterocycles. The standard InChI is InChI=1S/C14H16N2O6/c1-15-12(17)7-2-8(13(18)19)4-9(3-7)22-10-5-11(14(20)21)16-6-10/h2-4,10-11,16H,5-6H2,1H3,(H,15,17)(H,18,19)(H,20,21)/t10-,11-/m0/s1. The normalized spacial score (nSPS) is 20.4. The van der Waals surface area contributed by atoms with Crippen molar-refractivity contribution >= 4 is 17.8 Å². The number of aromatic carboxylic acids is 1. The number of amides is 1. The van der Waals surface area contributed by atoms with E-state index in [1.165, 1.54) is 25.2 Å². The molecule has 22 heavy (non-hydrogen) atoms. The number of carboxylic acids is 2. The molecule has 8 nitrogen and oxygen atoms in total. The number of carbonyl (C=O) groups is 3. The van der Waals surface area contributed by atoms with E-state index in [0.717, 1.165) is 0 Å². The molecule has 0 saturated carbocycles. The van der Waals surface area contributed by atoms with E-state index in [-0.39, 0.29) is 23.3 Å². The van der Waals surface area contributed by atoms with Gasteiger partial charge in [0, 0.05) is 25.6 Å². The first-order valence-electron chi connectivity index (χ1n) is 6.64. The lowest BCUT2D eigenvalue weighted by Crippen LogP contribution is -2.30. The minimum Gasteiger partial charge on any atom is -0.489 e. The summed E-state index contributed by atoms with van der Waals surface area (Å²) in [6, 6.07) is 3.30. The molecule has 0 unspecified atom stereocenters. The zero-order chi connectivity index (χ0) is 16.3. The van der Waals surface area contributed by atoms with Crippen molar-refractivity contribution < 1.29 is 29.3 Å². The number of benzene rings is 1. The third-order valence-electron chi connectivity index (χ3n) is 3.33.